The van der Waals surface area contributed by atoms with Crippen molar-refractivity contribution in [2.24, 2.45) is 5.41 Å². The minimum absolute atomic E-state index is 0.456. The topological polar surface area (TPSA) is 21.3 Å². The van der Waals surface area contributed by atoms with E-state index in [0.717, 1.165) is 6.54 Å². The Balaban J connectivity index is 1.97. The molecular weight excluding hydrogens is 162 g/mol. The van der Waals surface area contributed by atoms with E-state index in [2.05, 4.69) is 26.1 Å². The van der Waals surface area contributed by atoms with Crippen molar-refractivity contribution in [3.8, 4) is 0 Å². The molecule has 0 heterocycles. The lowest BCUT2D eigenvalue weighted by Gasteiger charge is -2.35. The van der Waals surface area contributed by atoms with Gasteiger partial charge in [-0.2, -0.15) is 0 Å². The molecule has 1 aliphatic rings. The SMILES string of the molecule is COC1CC(NCCC(C)(C)C)C1. The van der Waals surface area contributed by atoms with E-state index in [1.165, 1.54) is 19.3 Å². The molecule has 0 aliphatic heterocycles. The van der Waals surface area contributed by atoms with E-state index >= 15 is 0 Å². The summed E-state index contributed by atoms with van der Waals surface area (Å²) >= 11 is 0. The van der Waals surface area contributed by atoms with Crippen LogP contribution in [-0.4, -0.2) is 25.8 Å². The summed E-state index contributed by atoms with van der Waals surface area (Å²) < 4.78 is 5.22. The van der Waals surface area contributed by atoms with E-state index in [0.29, 0.717) is 17.6 Å². The molecule has 0 bridgehead atoms. The van der Waals surface area contributed by atoms with Gasteiger partial charge in [-0.3, -0.25) is 0 Å². The summed E-state index contributed by atoms with van der Waals surface area (Å²) in [5.41, 5.74) is 0.456. The van der Waals surface area contributed by atoms with Crippen LogP contribution in [0.3, 0.4) is 0 Å². The van der Waals surface area contributed by atoms with E-state index in [4.69, 9.17) is 4.74 Å². The molecule has 0 spiro atoms. The third-order valence-corrected chi connectivity index (χ3v) is 2.74. The molecule has 1 aliphatic carbocycles. The molecule has 0 aromatic rings. The molecule has 0 amide bonds. The second-order valence-corrected chi connectivity index (χ2v) is 5.29. The number of ether oxygens (including phenoxy) is 1. The second-order valence-electron chi connectivity index (χ2n) is 5.29. The predicted molar refractivity (Wildman–Crippen MR) is 55.9 cm³/mol. The van der Waals surface area contributed by atoms with Gasteiger partial charge in [0.1, 0.15) is 0 Å². The van der Waals surface area contributed by atoms with Gasteiger partial charge in [-0.25, -0.2) is 0 Å². The number of methoxy groups -OCH3 is 1. The predicted octanol–water partition coefficient (Wildman–Crippen LogP) is 2.19. The first-order chi connectivity index (χ1) is 6.01. The van der Waals surface area contributed by atoms with Gasteiger partial charge < -0.3 is 10.1 Å². The summed E-state index contributed by atoms with van der Waals surface area (Å²) in [4.78, 5) is 0. The number of rotatable bonds is 4. The molecular formula is C11H23NO. The van der Waals surface area contributed by atoms with Crippen molar-refractivity contribution in [3.63, 3.8) is 0 Å². The first-order valence-electron chi connectivity index (χ1n) is 5.27. The molecule has 78 valence electrons. The van der Waals surface area contributed by atoms with Crippen molar-refractivity contribution in [2.75, 3.05) is 13.7 Å². The molecule has 2 heteroatoms. The molecule has 0 radical (unpaired) electrons. The lowest BCUT2D eigenvalue weighted by molar-refractivity contribution is 0.0169. The Kier molecular flexibility index (Phi) is 3.74. The monoisotopic (exact) mass is 185 g/mol. The van der Waals surface area contributed by atoms with Crippen LogP contribution in [0, 0.1) is 5.41 Å². The number of hydrogen-bond donors (Lipinski definition) is 1. The highest BCUT2D eigenvalue weighted by atomic mass is 16.5. The molecule has 1 rings (SSSR count). The second kappa shape index (κ2) is 4.43. The standard InChI is InChI=1S/C11H23NO/c1-11(2,3)5-6-12-9-7-10(8-9)13-4/h9-10,12H,5-8H2,1-4H3. The van der Waals surface area contributed by atoms with Crippen molar-refractivity contribution in [1.29, 1.82) is 0 Å². The molecule has 0 aromatic heterocycles. The Morgan fingerprint density at radius 2 is 1.92 bits per heavy atom. The quantitative estimate of drug-likeness (QED) is 0.725. The summed E-state index contributed by atoms with van der Waals surface area (Å²) in [6.07, 6.45) is 4.16. The zero-order valence-corrected chi connectivity index (χ0v) is 9.39. The van der Waals surface area contributed by atoms with Gasteiger partial charge in [0.25, 0.3) is 0 Å². The van der Waals surface area contributed by atoms with E-state index in [1.807, 2.05) is 0 Å². The Labute approximate surface area is 82.0 Å². The van der Waals surface area contributed by atoms with E-state index in [1.54, 1.807) is 7.11 Å². The van der Waals surface area contributed by atoms with Gasteiger partial charge in [0.2, 0.25) is 0 Å². The van der Waals surface area contributed by atoms with E-state index in [9.17, 15) is 0 Å². The van der Waals surface area contributed by atoms with Crippen LogP contribution in [0.15, 0.2) is 0 Å². The van der Waals surface area contributed by atoms with Crippen LogP contribution in [0.4, 0.5) is 0 Å². The Morgan fingerprint density at radius 1 is 1.31 bits per heavy atom. The Morgan fingerprint density at radius 3 is 2.38 bits per heavy atom. The highest BCUT2D eigenvalue weighted by Crippen LogP contribution is 2.23. The minimum atomic E-state index is 0.456. The van der Waals surface area contributed by atoms with Gasteiger partial charge in [0.05, 0.1) is 6.10 Å². The van der Waals surface area contributed by atoms with Gasteiger partial charge in [0, 0.05) is 13.2 Å². The summed E-state index contributed by atoms with van der Waals surface area (Å²) in [6.45, 7) is 8.00. The van der Waals surface area contributed by atoms with Crippen LogP contribution < -0.4 is 5.32 Å². The van der Waals surface area contributed by atoms with Crippen LogP contribution in [0.2, 0.25) is 0 Å². The lowest BCUT2D eigenvalue weighted by atomic mass is 9.88. The van der Waals surface area contributed by atoms with E-state index < -0.39 is 0 Å². The molecule has 2 nitrogen and oxygen atoms in total. The van der Waals surface area contributed by atoms with E-state index in [-0.39, 0.29) is 0 Å². The number of nitrogens with one attached hydrogen (secondary N) is 1. The summed E-state index contributed by atoms with van der Waals surface area (Å²) in [5, 5.41) is 3.56. The third kappa shape index (κ3) is 4.10. The molecule has 0 aromatic carbocycles. The zero-order chi connectivity index (χ0) is 9.90. The minimum Gasteiger partial charge on any atom is -0.381 e. The van der Waals surface area contributed by atoms with Crippen molar-refractivity contribution < 1.29 is 4.74 Å². The van der Waals surface area contributed by atoms with Crippen molar-refractivity contribution in [1.82, 2.24) is 5.32 Å². The fourth-order valence-electron chi connectivity index (χ4n) is 1.58. The Hall–Kier alpha value is -0.0800. The highest BCUT2D eigenvalue weighted by molar-refractivity contribution is 4.85. The molecule has 1 saturated carbocycles. The van der Waals surface area contributed by atoms with Crippen molar-refractivity contribution >= 4 is 0 Å². The van der Waals surface area contributed by atoms with Crippen LogP contribution in [0.5, 0.6) is 0 Å². The smallest absolute Gasteiger partial charge is 0.0601 e. The Bertz CT molecular complexity index is 145. The van der Waals surface area contributed by atoms with Crippen LogP contribution in [0.1, 0.15) is 40.0 Å². The highest BCUT2D eigenvalue weighted by Gasteiger charge is 2.28. The maximum Gasteiger partial charge on any atom is 0.0601 e. The molecule has 1 N–H and O–H groups in total. The lowest BCUT2D eigenvalue weighted by Crippen LogP contribution is -2.45. The largest absolute Gasteiger partial charge is 0.381 e. The summed E-state index contributed by atoms with van der Waals surface area (Å²) in [6, 6.07) is 0.715. The first kappa shape index (κ1) is 11.0. The molecule has 1 fully saturated rings. The van der Waals surface area contributed by atoms with Crippen molar-refractivity contribution in [2.45, 2.75) is 52.2 Å². The third-order valence-electron chi connectivity index (χ3n) is 2.74. The average molecular weight is 185 g/mol. The zero-order valence-electron chi connectivity index (χ0n) is 9.39. The van der Waals surface area contributed by atoms with Crippen LogP contribution in [0.25, 0.3) is 0 Å². The van der Waals surface area contributed by atoms with Gasteiger partial charge in [0.15, 0.2) is 0 Å². The average Bonchev–Trinajstić information content (AvgIpc) is 1.91. The van der Waals surface area contributed by atoms with Crippen molar-refractivity contribution in [3.05, 3.63) is 0 Å². The molecule has 0 saturated heterocycles. The maximum atomic E-state index is 5.22. The van der Waals surface area contributed by atoms with Gasteiger partial charge in [-0.15, -0.1) is 0 Å². The molecule has 13 heavy (non-hydrogen) atoms. The summed E-state index contributed by atoms with van der Waals surface area (Å²) in [5.74, 6) is 0. The fraction of sp³-hybridized carbons (Fsp3) is 1.00. The van der Waals surface area contributed by atoms with Gasteiger partial charge in [-0.1, -0.05) is 20.8 Å². The normalized spacial score (nSPS) is 28.6. The van der Waals surface area contributed by atoms with Gasteiger partial charge >= 0.3 is 0 Å². The molecule has 0 atom stereocenters. The molecule has 0 unspecified atom stereocenters. The summed E-state index contributed by atoms with van der Waals surface area (Å²) in [7, 11) is 1.80. The first-order valence-corrected chi connectivity index (χ1v) is 5.27. The van der Waals surface area contributed by atoms with Gasteiger partial charge in [-0.05, 0) is 31.2 Å². The fourth-order valence-corrected chi connectivity index (χ4v) is 1.58. The maximum absolute atomic E-state index is 5.22. The van der Waals surface area contributed by atoms with Crippen LogP contribution in [-0.2, 0) is 4.74 Å². The number of hydrogen-bond acceptors (Lipinski definition) is 2. The van der Waals surface area contributed by atoms with Crippen LogP contribution >= 0.6 is 0 Å².